The Hall–Kier alpha value is 0.150. The molecule has 2 aliphatic rings. The molecule has 1 heterocycles. The van der Waals surface area contributed by atoms with Crippen LogP contribution in [-0.4, -0.2) is 41.5 Å². The lowest BCUT2D eigenvalue weighted by Gasteiger charge is -2.38. The molecular formula is C12H26N4OS. The predicted molar refractivity (Wildman–Crippen MR) is 76.0 cm³/mol. The Bertz CT molecular complexity index is 318. The van der Waals surface area contributed by atoms with Gasteiger partial charge in [0.15, 0.2) is 0 Å². The van der Waals surface area contributed by atoms with Gasteiger partial charge >= 0.3 is 0 Å². The van der Waals surface area contributed by atoms with E-state index in [1.165, 1.54) is 0 Å². The van der Waals surface area contributed by atoms with Gasteiger partial charge in [0.2, 0.25) is 0 Å². The van der Waals surface area contributed by atoms with Crippen LogP contribution >= 0.6 is 11.8 Å². The first-order chi connectivity index (χ1) is 8.21. The summed E-state index contributed by atoms with van der Waals surface area (Å²) in [7, 11) is 0. The summed E-state index contributed by atoms with van der Waals surface area (Å²) in [6.07, 6.45) is -0.172. The summed E-state index contributed by atoms with van der Waals surface area (Å²) >= 11 is 1.75. The molecule has 18 heavy (non-hydrogen) atoms. The highest BCUT2D eigenvalue weighted by Crippen LogP contribution is 2.51. The summed E-state index contributed by atoms with van der Waals surface area (Å²) in [4.78, 5) is 0. The molecule has 5 nitrogen and oxygen atoms in total. The maximum Gasteiger partial charge on any atom is 0.119 e. The summed E-state index contributed by atoms with van der Waals surface area (Å²) in [5.74, 6) is 1.12. The van der Waals surface area contributed by atoms with E-state index in [-0.39, 0.29) is 35.0 Å². The molecule has 0 bridgehead atoms. The van der Waals surface area contributed by atoms with E-state index in [2.05, 4.69) is 20.8 Å². The minimum Gasteiger partial charge on any atom is -0.359 e. The van der Waals surface area contributed by atoms with E-state index in [1.807, 2.05) is 0 Å². The van der Waals surface area contributed by atoms with Crippen molar-refractivity contribution in [2.45, 2.75) is 49.9 Å². The molecular weight excluding hydrogens is 248 g/mol. The van der Waals surface area contributed by atoms with Gasteiger partial charge in [-0.3, -0.25) is 0 Å². The number of nitrogens with two attached hydrogens (primary N) is 4. The average molecular weight is 274 g/mol. The van der Waals surface area contributed by atoms with Gasteiger partial charge in [-0.15, -0.1) is 11.8 Å². The summed E-state index contributed by atoms with van der Waals surface area (Å²) in [6.45, 7) is 7.00. The van der Waals surface area contributed by atoms with E-state index in [1.54, 1.807) is 11.8 Å². The van der Waals surface area contributed by atoms with Gasteiger partial charge in [0.25, 0.3) is 0 Å². The third-order valence-corrected chi connectivity index (χ3v) is 5.70. The van der Waals surface area contributed by atoms with Gasteiger partial charge in [-0.25, -0.2) is 0 Å². The summed E-state index contributed by atoms with van der Waals surface area (Å²) in [5.41, 5.74) is 24.0. The van der Waals surface area contributed by atoms with Crippen molar-refractivity contribution in [1.29, 1.82) is 0 Å². The lowest BCUT2D eigenvalue weighted by molar-refractivity contribution is -0.0273. The van der Waals surface area contributed by atoms with Gasteiger partial charge in [-0.05, 0) is 5.41 Å². The second-order valence-electron chi connectivity index (χ2n) is 6.73. The van der Waals surface area contributed by atoms with Crippen LogP contribution in [0.1, 0.15) is 20.8 Å². The molecule has 8 N–H and O–H groups in total. The molecule has 1 aliphatic heterocycles. The van der Waals surface area contributed by atoms with Crippen LogP contribution in [0.5, 0.6) is 0 Å². The van der Waals surface area contributed by atoms with Crippen LogP contribution < -0.4 is 22.9 Å². The van der Waals surface area contributed by atoms with Crippen molar-refractivity contribution in [2.75, 3.05) is 12.3 Å². The molecule has 2 rings (SSSR count). The first kappa shape index (κ1) is 14.6. The highest BCUT2D eigenvalue weighted by Gasteiger charge is 2.70. The lowest BCUT2D eigenvalue weighted by atomic mass is 10.00. The molecule has 1 saturated heterocycles. The molecule has 6 heteroatoms. The molecule has 0 aromatic heterocycles. The Kier molecular flexibility index (Phi) is 3.73. The van der Waals surface area contributed by atoms with Crippen molar-refractivity contribution in [2.24, 2.45) is 34.3 Å². The molecule has 0 aromatic carbocycles. The fourth-order valence-electron chi connectivity index (χ4n) is 2.77. The first-order valence-corrected chi connectivity index (χ1v) is 7.54. The molecule has 2 fully saturated rings. The lowest BCUT2D eigenvalue weighted by Crippen LogP contribution is -2.58. The van der Waals surface area contributed by atoms with E-state index >= 15 is 0 Å². The highest BCUT2D eigenvalue weighted by atomic mass is 32.2. The Morgan fingerprint density at radius 1 is 1.28 bits per heavy atom. The van der Waals surface area contributed by atoms with Crippen LogP contribution in [0, 0.1) is 11.3 Å². The minimum atomic E-state index is -0.507. The largest absolute Gasteiger partial charge is 0.359 e. The zero-order chi connectivity index (χ0) is 13.7. The average Bonchev–Trinajstić information content (AvgIpc) is 2.81. The van der Waals surface area contributed by atoms with Crippen LogP contribution in [0.3, 0.4) is 0 Å². The van der Waals surface area contributed by atoms with E-state index in [9.17, 15) is 0 Å². The minimum absolute atomic E-state index is 0.0481. The Balaban J connectivity index is 2.02. The monoisotopic (exact) mass is 274 g/mol. The van der Waals surface area contributed by atoms with Crippen LogP contribution in [0.4, 0.5) is 0 Å². The number of fused-ring (bicyclic) bond motifs is 1. The SMILES string of the molecule is CC(C)(C)CS[C@@H]1OC(CN)C2(N)C(N)C2C1N. The van der Waals surface area contributed by atoms with Crippen molar-refractivity contribution < 1.29 is 4.74 Å². The smallest absolute Gasteiger partial charge is 0.119 e. The fourth-order valence-corrected chi connectivity index (χ4v) is 4.04. The first-order valence-electron chi connectivity index (χ1n) is 6.49. The van der Waals surface area contributed by atoms with Crippen LogP contribution in [0.15, 0.2) is 0 Å². The Labute approximate surface area is 113 Å². The normalized spacial score (nSPS) is 47.8. The van der Waals surface area contributed by atoms with Crippen molar-refractivity contribution >= 4 is 11.8 Å². The second kappa shape index (κ2) is 4.61. The van der Waals surface area contributed by atoms with Crippen LogP contribution in [-0.2, 0) is 4.74 Å². The third kappa shape index (κ3) is 2.30. The number of thioether (sulfide) groups is 1. The van der Waals surface area contributed by atoms with Gasteiger partial charge in [0.1, 0.15) is 5.44 Å². The van der Waals surface area contributed by atoms with Gasteiger partial charge in [-0.2, -0.15) is 0 Å². The maximum absolute atomic E-state index is 6.27. The third-order valence-electron chi connectivity index (χ3n) is 3.91. The second-order valence-corrected chi connectivity index (χ2v) is 7.82. The van der Waals surface area contributed by atoms with E-state index in [0.29, 0.717) is 6.54 Å². The quantitative estimate of drug-likeness (QED) is 0.548. The molecule has 6 atom stereocenters. The molecule has 5 unspecified atom stereocenters. The molecule has 106 valence electrons. The Morgan fingerprint density at radius 3 is 2.39 bits per heavy atom. The van der Waals surface area contributed by atoms with E-state index < -0.39 is 5.54 Å². The fraction of sp³-hybridized carbons (Fsp3) is 1.00. The van der Waals surface area contributed by atoms with Gasteiger partial charge in [0, 0.05) is 30.3 Å². The Morgan fingerprint density at radius 2 is 1.89 bits per heavy atom. The van der Waals surface area contributed by atoms with Gasteiger partial charge in [0.05, 0.1) is 11.6 Å². The number of rotatable bonds is 3. The van der Waals surface area contributed by atoms with Crippen molar-refractivity contribution in [3.05, 3.63) is 0 Å². The standard InChI is InChI=1S/C12H26N4OS/c1-11(2,3)5-18-10-8(14)7-9(15)12(7,16)6(4-13)17-10/h6-10H,4-5,13-16H2,1-3H3/t6?,7?,8?,9?,10-,12?/m0/s1. The topological polar surface area (TPSA) is 113 Å². The maximum atomic E-state index is 6.27. The zero-order valence-corrected chi connectivity index (χ0v) is 12.2. The summed E-state index contributed by atoms with van der Waals surface area (Å²) in [6, 6.07) is -0.179. The molecule has 0 spiro atoms. The molecule has 0 amide bonds. The van der Waals surface area contributed by atoms with Crippen molar-refractivity contribution in [3.63, 3.8) is 0 Å². The van der Waals surface area contributed by atoms with E-state index in [4.69, 9.17) is 27.7 Å². The number of ether oxygens (including phenoxy) is 1. The predicted octanol–water partition coefficient (Wildman–Crippen LogP) is -0.569. The summed E-state index contributed by atoms with van der Waals surface area (Å²) < 4.78 is 5.98. The van der Waals surface area contributed by atoms with E-state index in [0.717, 1.165) is 5.75 Å². The van der Waals surface area contributed by atoms with Crippen molar-refractivity contribution in [1.82, 2.24) is 0 Å². The van der Waals surface area contributed by atoms with Crippen molar-refractivity contribution in [3.8, 4) is 0 Å². The van der Waals surface area contributed by atoms with Crippen LogP contribution in [0.25, 0.3) is 0 Å². The molecule has 1 saturated carbocycles. The molecule has 0 radical (unpaired) electrons. The number of hydrogen-bond acceptors (Lipinski definition) is 6. The van der Waals surface area contributed by atoms with Gasteiger partial charge < -0.3 is 27.7 Å². The number of hydrogen-bond donors (Lipinski definition) is 4. The summed E-state index contributed by atoms with van der Waals surface area (Å²) in [5, 5.41) is 0. The zero-order valence-electron chi connectivity index (χ0n) is 11.4. The van der Waals surface area contributed by atoms with Crippen LogP contribution in [0.2, 0.25) is 0 Å². The molecule has 1 aliphatic carbocycles. The molecule has 0 aromatic rings. The highest BCUT2D eigenvalue weighted by molar-refractivity contribution is 7.99. The van der Waals surface area contributed by atoms with Gasteiger partial charge in [-0.1, -0.05) is 20.8 Å².